The van der Waals surface area contributed by atoms with Crippen LogP contribution >= 0.6 is 0 Å². The van der Waals surface area contributed by atoms with Crippen LogP contribution in [0, 0.1) is 0 Å². The van der Waals surface area contributed by atoms with Crippen molar-refractivity contribution in [2.45, 2.75) is 19.4 Å². The van der Waals surface area contributed by atoms with E-state index in [1.54, 1.807) is 37.3 Å². The Bertz CT molecular complexity index is 854. The maximum absolute atomic E-state index is 12.0. The van der Waals surface area contributed by atoms with Gasteiger partial charge in [-0.2, -0.15) is 0 Å². The number of carbonyl (C=O) groups is 3. The lowest BCUT2D eigenvalue weighted by molar-refractivity contribution is -0.122. The molecule has 0 bridgehead atoms. The highest BCUT2D eigenvalue weighted by Crippen LogP contribution is 2.32. The molecule has 0 unspecified atom stereocenters. The Labute approximate surface area is 156 Å². The third kappa shape index (κ3) is 4.97. The van der Waals surface area contributed by atoms with Crippen molar-refractivity contribution in [3.63, 3.8) is 0 Å². The molecule has 4 amide bonds. The van der Waals surface area contributed by atoms with Crippen LogP contribution in [0.2, 0.25) is 0 Å². The summed E-state index contributed by atoms with van der Waals surface area (Å²) < 4.78 is 5.46. The molecule has 4 N–H and O–H groups in total. The second-order valence-electron chi connectivity index (χ2n) is 6.01. The fourth-order valence-electron chi connectivity index (χ4n) is 2.50. The number of hydrogen-bond donors (Lipinski definition) is 4. The molecule has 1 heterocycles. The van der Waals surface area contributed by atoms with Crippen molar-refractivity contribution >= 4 is 34.9 Å². The maximum atomic E-state index is 12.0. The largest absolute Gasteiger partial charge is 0.479 e. The summed E-state index contributed by atoms with van der Waals surface area (Å²) in [4.78, 5) is 35.5. The Balaban J connectivity index is 1.45. The molecule has 8 nitrogen and oxygen atoms in total. The first kappa shape index (κ1) is 18.2. The summed E-state index contributed by atoms with van der Waals surface area (Å²) in [7, 11) is 0. The highest BCUT2D eigenvalue weighted by atomic mass is 16.5. The van der Waals surface area contributed by atoms with Crippen molar-refractivity contribution < 1.29 is 19.1 Å². The number of fused-ring (bicyclic) bond motifs is 1. The van der Waals surface area contributed by atoms with E-state index < -0.39 is 6.10 Å². The van der Waals surface area contributed by atoms with Gasteiger partial charge in [0.2, 0.25) is 5.91 Å². The zero-order valence-corrected chi connectivity index (χ0v) is 14.7. The third-order valence-corrected chi connectivity index (χ3v) is 3.86. The van der Waals surface area contributed by atoms with Crippen LogP contribution in [-0.4, -0.2) is 30.5 Å². The summed E-state index contributed by atoms with van der Waals surface area (Å²) in [5, 5.41) is 10.7. The predicted octanol–water partition coefficient (Wildman–Crippen LogP) is 2.56. The molecule has 3 rings (SSSR count). The number of nitrogens with one attached hydrogen (secondary N) is 4. The molecule has 1 aliphatic heterocycles. The molecule has 140 valence electrons. The van der Waals surface area contributed by atoms with Crippen LogP contribution < -0.4 is 26.0 Å². The molecular formula is C19H20N4O4. The normalized spacial score (nSPS) is 15.0. The molecule has 0 aromatic heterocycles. The lowest BCUT2D eigenvalue weighted by Crippen LogP contribution is -2.34. The Morgan fingerprint density at radius 3 is 2.63 bits per heavy atom. The number of urea groups is 1. The molecule has 27 heavy (non-hydrogen) atoms. The van der Waals surface area contributed by atoms with Gasteiger partial charge in [-0.05, 0) is 37.3 Å². The number of hydrogen-bond acceptors (Lipinski definition) is 4. The number of carbonyl (C=O) groups excluding carboxylic acids is 3. The smallest absolute Gasteiger partial charge is 0.319 e. The lowest BCUT2D eigenvalue weighted by Gasteiger charge is -2.23. The molecule has 0 spiro atoms. The van der Waals surface area contributed by atoms with Gasteiger partial charge in [-0.25, -0.2) is 4.79 Å². The molecule has 1 aliphatic rings. The number of ether oxygens (including phenoxy) is 1. The molecule has 0 saturated carbocycles. The Hall–Kier alpha value is -3.55. The topological polar surface area (TPSA) is 109 Å². The van der Waals surface area contributed by atoms with E-state index in [1.807, 2.05) is 18.2 Å². The maximum Gasteiger partial charge on any atom is 0.319 e. The van der Waals surface area contributed by atoms with Gasteiger partial charge in [-0.3, -0.25) is 9.59 Å². The van der Waals surface area contributed by atoms with E-state index in [4.69, 9.17) is 4.74 Å². The van der Waals surface area contributed by atoms with Gasteiger partial charge in [-0.1, -0.05) is 18.2 Å². The Morgan fingerprint density at radius 1 is 1.07 bits per heavy atom. The van der Waals surface area contributed by atoms with Gasteiger partial charge in [0.1, 0.15) is 5.75 Å². The minimum Gasteiger partial charge on any atom is -0.479 e. The predicted molar refractivity (Wildman–Crippen MR) is 102 cm³/mol. The molecular weight excluding hydrogens is 348 g/mol. The molecule has 2 aromatic rings. The molecule has 1 atom stereocenters. The van der Waals surface area contributed by atoms with Gasteiger partial charge in [-0.15, -0.1) is 0 Å². The van der Waals surface area contributed by atoms with Crippen molar-refractivity contribution in [3.8, 4) is 5.75 Å². The quantitative estimate of drug-likeness (QED) is 0.650. The monoisotopic (exact) mass is 368 g/mol. The van der Waals surface area contributed by atoms with Gasteiger partial charge in [0.15, 0.2) is 6.10 Å². The second kappa shape index (κ2) is 8.22. The SMILES string of the molecule is C[C@@H]1Oc2ccc(NC(=O)CCNC(=O)Nc3ccccc3)cc2NC1=O. The number of para-hydroxylation sites is 1. The van der Waals surface area contributed by atoms with E-state index in [0.29, 0.717) is 22.8 Å². The minimum atomic E-state index is -0.550. The first-order valence-corrected chi connectivity index (χ1v) is 8.52. The molecule has 2 aromatic carbocycles. The van der Waals surface area contributed by atoms with Crippen molar-refractivity contribution in [2.75, 3.05) is 22.5 Å². The van der Waals surface area contributed by atoms with E-state index in [9.17, 15) is 14.4 Å². The van der Waals surface area contributed by atoms with Crippen LogP contribution in [0.1, 0.15) is 13.3 Å². The summed E-state index contributed by atoms with van der Waals surface area (Å²) in [6, 6.07) is 13.7. The van der Waals surface area contributed by atoms with Crippen LogP contribution in [0.3, 0.4) is 0 Å². The number of amides is 4. The van der Waals surface area contributed by atoms with E-state index in [0.717, 1.165) is 0 Å². The molecule has 8 heteroatoms. The number of anilines is 3. The standard InChI is InChI=1S/C19H20N4O4/c1-12-18(25)23-15-11-14(7-8-16(15)27-12)21-17(24)9-10-20-19(26)22-13-5-3-2-4-6-13/h2-8,11-12H,9-10H2,1H3,(H,21,24)(H,23,25)(H2,20,22,26)/t12-/m0/s1. The fourth-order valence-corrected chi connectivity index (χ4v) is 2.50. The van der Waals surface area contributed by atoms with Gasteiger partial charge in [0.25, 0.3) is 5.91 Å². The molecule has 0 saturated heterocycles. The Morgan fingerprint density at radius 2 is 1.85 bits per heavy atom. The minimum absolute atomic E-state index is 0.110. The second-order valence-corrected chi connectivity index (χ2v) is 6.01. The molecule has 0 fully saturated rings. The first-order valence-electron chi connectivity index (χ1n) is 8.52. The average molecular weight is 368 g/mol. The zero-order chi connectivity index (χ0) is 19.2. The summed E-state index contributed by atoms with van der Waals surface area (Å²) >= 11 is 0. The van der Waals surface area contributed by atoms with E-state index in [1.165, 1.54) is 0 Å². The van der Waals surface area contributed by atoms with E-state index in [2.05, 4.69) is 21.3 Å². The van der Waals surface area contributed by atoms with Crippen molar-refractivity contribution in [1.29, 1.82) is 0 Å². The summed E-state index contributed by atoms with van der Waals surface area (Å²) in [5.41, 5.74) is 1.72. The third-order valence-electron chi connectivity index (χ3n) is 3.86. The number of rotatable bonds is 5. The molecule has 0 radical (unpaired) electrons. The van der Waals surface area contributed by atoms with Gasteiger partial charge in [0, 0.05) is 24.3 Å². The highest BCUT2D eigenvalue weighted by Gasteiger charge is 2.23. The summed E-state index contributed by atoms with van der Waals surface area (Å²) in [5.74, 6) is 0.0605. The summed E-state index contributed by atoms with van der Waals surface area (Å²) in [6.45, 7) is 1.85. The van der Waals surface area contributed by atoms with Crippen LogP contribution in [-0.2, 0) is 9.59 Å². The highest BCUT2D eigenvalue weighted by molar-refractivity contribution is 5.99. The van der Waals surface area contributed by atoms with Crippen molar-refractivity contribution in [3.05, 3.63) is 48.5 Å². The lowest BCUT2D eigenvalue weighted by atomic mass is 10.2. The van der Waals surface area contributed by atoms with Crippen molar-refractivity contribution in [2.24, 2.45) is 0 Å². The summed E-state index contributed by atoms with van der Waals surface area (Å²) in [6.07, 6.45) is -0.440. The average Bonchev–Trinajstić information content (AvgIpc) is 2.64. The fraction of sp³-hybridized carbons (Fsp3) is 0.211. The Kier molecular flexibility index (Phi) is 5.55. The first-order chi connectivity index (χ1) is 13.0. The van der Waals surface area contributed by atoms with Gasteiger partial charge < -0.3 is 26.0 Å². The van der Waals surface area contributed by atoms with Crippen LogP contribution in [0.5, 0.6) is 5.75 Å². The zero-order valence-electron chi connectivity index (χ0n) is 14.7. The van der Waals surface area contributed by atoms with Crippen LogP contribution in [0.25, 0.3) is 0 Å². The number of benzene rings is 2. The van der Waals surface area contributed by atoms with Gasteiger partial charge >= 0.3 is 6.03 Å². The van der Waals surface area contributed by atoms with E-state index in [-0.39, 0.29) is 30.8 Å². The van der Waals surface area contributed by atoms with Gasteiger partial charge in [0.05, 0.1) is 5.69 Å². The van der Waals surface area contributed by atoms with E-state index >= 15 is 0 Å². The molecule has 0 aliphatic carbocycles. The van der Waals surface area contributed by atoms with Crippen LogP contribution in [0.4, 0.5) is 21.9 Å². The van der Waals surface area contributed by atoms with Crippen LogP contribution in [0.15, 0.2) is 48.5 Å². The van der Waals surface area contributed by atoms with Crippen molar-refractivity contribution in [1.82, 2.24) is 5.32 Å².